The summed E-state index contributed by atoms with van der Waals surface area (Å²) in [5, 5.41) is 3.32. The van der Waals surface area contributed by atoms with E-state index in [2.05, 4.69) is 30.2 Å². The molecule has 29 heavy (non-hydrogen) atoms. The van der Waals surface area contributed by atoms with E-state index in [0.29, 0.717) is 40.5 Å². The van der Waals surface area contributed by atoms with E-state index in [9.17, 15) is 9.59 Å². The molecular formula is C19H20N8O2. The first-order valence-corrected chi connectivity index (χ1v) is 9.51. The number of fused-ring (bicyclic) bond motifs is 4. The van der Waals surface area contributed by atoms with Crippen molar-refractivity contribution in [1.29, 1.82) is 0 Å². The van der Waals surface area contributed by atoms with E-state index in [0.717, 1.165) is 19.4 Å². The summed E-state index contributed by atoms with van der Waals surface area (Å²) in [6, 6.07) is 0.126. The monoisotopic (exact) mass is 392 g/mol. The Morgan fingerprint density at radius 2 is 2.03 bits per heavy atom. The number of aromatic nitrogens is 5. The number of nitrogens with zero attached hydrogens (tertiary/aromatic N) is 7. The molecule has 10 heteroatoms. The van der Waals surface area contributed by atoms with Gasteiger partial charge in [-0.05, 0) is 12.8 Å². The van der Waals surface area contributed by atoms with Crippen LogP contribution in [0.1, 0.15) is 23.2 Å². The zero-order valence-electron chi connectivity index (χ0n) is 16.2. The Morgan fingerprint density at radius 3 is 2.86 bits per heavy atom. The van der Waals surface area contributed by atoms with E-state index in [4.69, 9.17) is 0 Å². The predicted octanol–water partition coefficient (Wildman–Crippen LogP) is 0.789. The van der Waals surface area contributed by atoms with Gasteiger partial charge in [-0.3, -0.25) is 14.6 Å². The van der Waals surface area contributed by atoms with Gasteiger partial charge < -0.3 is 19.7 Å². The third-order valence-corrected chi connectivity index (χ3v) is 5.61. The Bertz CT molecular complexity index is 1190. The molecular weight excluding hydrogens is 372 g/mol. The van der Waals surface area contributed by atoms with Crippen molar-refractivity contribution >= 4 is 34.3 Å². The maximum Gasteiger partial charge on any atom is 0.263 e. The highest BCUT2D eigenvalue weighted by Gasteiger charge is 2.38. The van der Waals surface area contributed by atoms with Gasteiger partial charge >= 0.3 is 0 Å². The van der Waals surface area contributed by atoms with Crippen molar-refractivity contribution in [2.75, 3.05) is 35.3 Å². The van der Waals surface area contributed by atoms with Gasteiger partial charge in [-0.15, -0.1) is 0 Å². The van der Waals surface area contributed by atoms with Crippen molar-refractivity contribution in [3.05, 3.63) is 40.8 Å². The number of aryl methyl sites for hydroxylation is 1. The highest BCUT2D eigenvalue weighted by atomic mass is 16.2. The van der Waals surface area contributed by atoms with Crippen LogP contribution in [0, 0.1) is 0 Å². The summed E-state index contributed by atoms with van der Waals surface area (Å²) in [4.78, 5) is 47.4. The maximum absolute atomic E-state index is 13.5. The molecule has 0 bridgehead atoms. The van der Waals surface area contributed by atoms with Crippen LogP contribution in [-0.2, 0) is 7.05 Å². The molecule has 3 aromatic heterocycles. The minimum absolute atomic E-state index is 0.126. The number of amides is 1. The van der Waals surface area contributed by atoms with Gasteiger partial charge in [0.2, 0.25) is 5.95 Å². The Hall–Kier alpha value is -3.56. The fraction of sp³-hybridized carbons (Fsp3) is 0.368. The van der Waals surface area contributed by atoms with Gasteiger partial charge in [0, 0.05) is 45.6 Å². The summed E-state index contributed by atoms with van der Waals surface area (Å²) in [5.74, 6) is 0.915. The topological polar surface area (TPSA) is 109 Å². The third-order valence-electron chi connectivity index (χ3n) is 5.61. The molecule has 5 heterocycles. The second-order valence-corrected chi connectivity index (χ2v) is 7.30. The number of carbonyl (C=O) groups excluding carboxylic acids is 1. The second-order valence-electron chi connectivity index (χ2n) is 7.30. The summed E-state index contributed by atoms with van der Waals surface area (Å²) in [7, 11) is 3.39. The normalized spacial score (nSPS) is 18.6. The average molecular weight is 392 g/mol. The molecule has 0 aliphatic carbocycles. The molecule has 0 saturated carbocycles. The highest BCUT2D eigenvalue weighted by Crippen LogP contribution is 2.35. The van der Waals surface area contributed by atoms with Gasteiger partial charge in [-0.1, -0.05) is 0 Å². The fourth-order valence-corrected chi connectivity index (χ4v) is 4.13. The van der Waals surface area contributed by atoms with Crippen molar-refractivity contribution in [3.63, 3.8) is 0 Å². The number of anilines is 3. The lowest BCUT2D eigenvalue weighted by atomic mass is 10.2. The zero-order valence-corrected chi connectivity index (χ0v) is 16.2. The lowest BCUT2D eigenvalue weighted by Gasteiger charge is -2.27. The van der Waals surface area contributed by atoms with Crippen molar-refractivity contribution in [1.82, 2.24) is 24.5 Å². The molecule has 148 valence electrons. The summed E-state index contributed by atoms with van der Waals surface area (Å²) in [5.41, 5.74) is 1.24. The van der Waals surface area contributed by atoms with Crippen LogP contribution in [0.15, 0.2) is 29.7 Å². The predicted molar refractivity (Wildman–Crippen MR) is 108 cm³/mol. The van der Waals surface area contributed by atoms with E-state index in [1.165, 1.54) is 17.1 Å². The summed E-state index contributed by atoms with van der Waals surface area (Å²) >= 11 is 0. The van der Waals surface area contributed by atoms with Crippen LogP contribution in [0.4, 0.5) is 17.5 Å². The number of carbonyl (C=O) groups is 1. The van der Waals surface area contributed by atoms with Gasteiger partial charge in [0.25, 0.3) is 11.5 Å². The number of hydrogen-bond donors (Lipinski definition) is 1. The number of pyridine rings is 1. The Balaban J connectivity index is 1.70. The number of rotatable bonds is 2. The molecule has 10 nitrogen and oxygen atoms in total. The molecule has 0 unspecified atom stereocenters. The molecule has 1 fully saturated rings. The Kier molecular flexibility index (Phi) is 3.93. The molecule has 0 spiro atoms. The van der Waals surface area contributed by atoms with Crippen LogP contribution < -0.4 is 20.7 Å². The van der Waals surface area contributed by atoms with E-state index < -0.39 is 0 Å². The van der Waals surface area contributed by atoms with Crippen molar-refractivity contribution < 1.29 is 4.79 Å². The SMILES string of the molecule is CNc1ncc2c(n1)N1CCC[C@H]1CN(c1cncc3c(=O)n(C)cnc13)C2=O. The van der Waals surface area contributed by atoms with Crippen LogP contribution in [0.2, 0.25) is 0 Å². The smallest absolute Gasteiger partial charge is 0.263 e. The van der Waals surface area contributed by atoms with Gasteiger partial charge in [0.05, 0.1) is 23.6 Å². The molecule has 5 rings (SSSR count). The summed E-state index contributed by atoms with van der Waals surface area (Å²) in [6.07, 6.45) is 8.10. The minimum Gasteiger partial charge on any atom is -0.357 e. The van der Waals surface area contributed by atoms with Crippen molar-refractivity contribution in [2.24, 2.45) is 7.05 Å². The van der Waals surface area contributed by atoms with Gasteiger partial charge in [-0.2, -0.15) is 4.98 Å². The largest absolute Gasteiger partial charge is 0.357 e. The second kappa shape index (κ2) is 6.50. The quantitative estimate of drug-likeness (QED) is 0.682. The van der Waals surface area contributed by atoms with E-state index in [-0.39, 0.29) is 17.5 Å². The van der Waals surface area contributed by atoms with Crippen LogP contribution >= 0.6 is 0 Å². The standard InChI is InChI=1S/C19H20N8O2/c1-20-19-22-7-13-16(24-19)26-5-3-4-11(26)9-27(18(13)29)14-8-21-6-12-15(14)23-10-25(2)17(12)28/h6-8,10-11H,3-5,9H2,1-2H3,(H,20,22,24)/t11-/m0/s1. The minimum atomic E-state index is -0.214. The van der Waals surface area contributed by atoms with E-state index in [1.807, 2.05) is 0 Å². The van der Waals surface area contributed by atoms with Crippen LogP contribution in [0.5, 0.6) is 0 Å². The fourth-order valence-electron chi connectivity index (χ4n) is 4.13. The molecule has 2 aliphatic rings. The molecule has 0 aromatic carbocycles. The van der Waals surface area contributed by atoms with Crippen molar-refractivity contribution in [2.45, 2.75) is 18.9 Å². The van der Waals surface area contributed by atoms with Gasteiger partial charge in [0.1, 0.15) is 16.9 Å². The maximum atomic E-state index is 13.5. The van der Waals surface area contributed by atoms with Gasteiger partial charge in [0.15, 0.2) is 0 Å². The molecule has 1 saturated heterocycles. The molecule has 3 aromatic rings. The lowest BCUT2D eigenvalue weighted by molar-refractivity contribution is 0.0988. The zero-order chi connectivity index (χ0) is 20.1. The average Bonchev–Trinajstić information content (AvgIpc) is 3.17. The molecule has 1 N–H and O–H groups in total. The first-order chi connectivity index (χ1) is 14.1. The highest BCUT2D eigenvalue weighted by molar-refractivity contribution is 6.12. The molecule has 2 aliphatic heterocycles. The van der Waals surface area contributed by atoms with E-state index >= 15 is 0 Å². The lowest BCUT2D eigenvalue weighted by Crippen LogP contribution is -2.40. The number of nitrogens with one attached hydrogen (secondary N) is 1. The first-order valence-electron chi connectivity index (χ1n) is 9.51. The summed E-state index contributed by atoms with van der Waals surface area (Å²) in [6.45, 7) is 1.31. The van der Waals surface area contributed by atoms with E-state index in [1.54, 1.807) is 31.4 Å². The Morgan fingerprint density at radius 1 is 1.17 bits per heavy atom. The molecule has 1 amide bonds. The van der Waals surface area contributed by atoms with Crippen LogP contribution in [0.25, 0.3) is 10.9 Å². The number of hydrogen-bond acceptors (Lipinski definition) is 8. The van der Waals surface area contributed by atoms with Crippen molar-refractivity contribution in [3.8, 4) is 0 Å². The first kappa shape index (κ1) is 17.5. The van der Waals surface area contributed by atoms with Crippen LogP contribution in [-0.4, -0.2) is 56.6 Å². The molecule has 1 atom stereocenters. The Labute approximate surface area is 166 Å². The molecule has 0 radical (unpaired) electrons. The third kappa shape index (κ3) is 2.63. The van der Waals surface area contributed by atoms with Gasteiger partial charge in [-0.25, -0.2) is 9.97 Å². The summed E-state index contributed by atoms with van der Waals surface area (Å²) < 4.78 is 1.40. The van der Waals surface area contributed by atoms with Crippen LogP contribution in [0.3, 0.4) is 0 Å².